The second-order valence-electron chi connectivity index (χ2n) is 3.44. The van der Waals surface area contributed by atoms with Crippen LogP contribution in [-0.4, -0.2) is 16.9 Å². The molecule has 1 aliphatic heterocycles. The van der Waals surface area contributed by atoms with Gasteiger partial charge >= 0.3 is 5.97 Å². The minimum absolute atomic E-state index is 0.472. The van der Waals surface area contributed by atoms with E-state index in [-0.39, 0.29) is 0 Å². The lowest BCUT2D eigenvalue weighted by Crippen LogP contribution is -2.26. The largest absolute Gasteiger partial charge is 0.426 e. The summed E-state index contributed by atoms with van der Waals surface area (Å²) in [6.07, 6.45) is 1.31. The molecule has 1 heterocycles. The van der Waals surface area contributed by atoms with Crippen molar-refractivity contribution in [3.05, 3.63) is 40.4 Å². The van der Waals surface area contributed by atoms with E-state index in [1.54, 1.807) is 0 Å². The van der Waals surface area contributed by atoms with E-state index in [0.717, 1.165) is 10.0 Å². The smallest absolute Gasteiger partial charge is 0.334 e. The first-order valence-electron chi connectivity index (χ1n) is 4.43. The number of hydrogen-bond donors (Lipinski definition) is 1. The zero-order valence-electron chi connectivity index (χ0n) is 8.03. The third kappa shape index (κ3) is 1.82. The molecule has 1 aromatic carbocycles. The zero-order valence-corrected chi connectivity index (χ0v) is 9.61. The van der Waals surface area contributed by atoms with Gasteiger partial charge in [0, 0.05) is 23.0 Å². The van der Waals surface area contributed by atoms with Gasteiger partial charge in [0.05, 0.1) is 0 Å². The number of benzene rings is 1. The average Bonchev–Trinajstić information content (AvgIpc) is 2.40. The lowest BCUT2D eigenvalue weighted by Gasteiger charge is -2.20. The van der Waals surface area contributed by atoms with E-state index < -0.39 is 11.8 Å². The van der Waals surface area contributed by atoms with Crippen LogP contribution in [0.15, 0.2) is 34.8 Å². The van der Waals surface area contributed by atoms with Gasteiger partial charge in [-0.1, -0.05) is 34.1 Å². The highest BCUT2D eigenvalue weighted by Crippen LogP contribution is 2.36. The number of cyclic esters (lactones) is 1. The second kappa shape index (κ2) is 3.47. The quantitative estimate of drug-likeness (QED) is 0.794. The van der Waals surface area contributed by atoms with Gasteiger partial charge < -0.3 is 9.84 Å². The van der Waals surface area contributed by atoms with Gasteiger partial charge in [-0.3, -0.25) is 0 Å². The lowest BCUT2D eigenvalue weighted by molar-refractivity contribution is -0.169. The Kier molecular flexibility index (Phi) is 2.40. The molecule has 0 bridgehead atoms. The molecule has 1 aliphatic rings. The molecular formula is C11H9BrO3. The molecule has 78 valence electrons. The Labute approximate surface area is 95.5 Å². The molecule has 0 spiro atoms. The summed E-state index contributed by atoms with van der Waals surface area (Å²) in [6.45, 7) is 1.45. The van der Waals surface area contributed by atoms with Crippen LogP contribution in [0.4, 0.5) is 0 Å². The minimum atomic E-state index is -1.54. The SMILES string of the molecule is CC1(O)OC(=O)C=C1c1ccccc1Br. The Morgan fingerprint density at radius 1 is 1.40 bits per heavy atom. The van der Waals surface area contributed by atoms with Crippen LogP contribution in [0, 0.1) is 0 Å². The molecule has 1 aromatic rings. The molecule has 0 fully saturated rings. The third-order valence-corrected chi connectivity index (χ3v) is 2.92. The number of halogens is 1. The van der Waals surface area contributed by atoms with Crippen LogP contribution in [0.2, 0.25) is 0 Å². The molecule has 15 heavy (non-hydrogen) atoms. The van der Waals surface area contributed by atoms with E-state index in [1.165, 1.54) is 13.0 Å². The number of carbonyl (C=O) groups is 1. The number of ether oxygens (including phenoxy) is 1. The topological polar surface area (TPSA) is 46.5 Å². The van der Waals surface area contributed by atoms with E-state index in [4.69, 9.17) is 4.74 Å². The van der Waals surface area contributed by atoms with Crippen LogP contribution in [0.3, 0.4) is 0 Å². The highest BCUT2D eigenvalue weighted by Gasteiger charge is 2.37. The van der Waals surface area contributed by atoms with Crippen molar-refractivity contribution in [1.82, 2.24) is 0 Å². The summed E-state index contributed by atoms with van der Waals surface area (Å²) in [5, 5.41) is 9.87. The Morgan fingerprint density at radius 3 is 2.60 bits per heavy atom. The Morgan fingerprint density at radius 2 is 2.07 bits per heavy atom. The molecule has 1 atom stereocenters. The highest BCUT2D eigenvalue weighted by molar-refractivity contribution is 9.10. The van der Waals surface area contributed by atoms with Gasteiger partial charge in [0.2, 0.25) is 5.79 Å². The molecule has 4 heteroatoms. The first-order valence-corrected chi connectivity index (χ1v) is 5.22. The fourth-order valence-electron chi connectivity index (χ4n) is 1.54. The van der Waals surface area contributed by atoms with Gasteiger partial charge in [0.25, 0.3) is 0 Å². The molecule has 2 rings (SSSR count). The summed E-state index contributed by atoms with van der Waals surface area (Å²) in [5.41, 5.74) is 1.23. The van der Waals surface area contributed by atoms with Gasteiger partial charge in [0.1, 0.15) is 0 Å². The van der Waals surface area contributed by atoms with Crippen LogP contribution in [0.1, 0.15) is 12.5 Å². The van der Waals surface area contributed by atoms with Gasteiger partial charge in [-0.2, -0.15) is 0 Å². The average molecular weight is 269 g/mol. The molecule has 0 radical (unpaired) electrons. The van der Waals surface area contributed by atoms with Crippen LogP contribution in [-0.2, 0) is 9.53 Å². The van der Waals surface area contributed by atoms with Gasteiger partial charge in [0.15, 0.2) is 0 Å². The molecule has 0 saturated carbocycles. The minimum Gasteiger partial charge on any atom is -0.426 e. The molecule has 0 aromatic heterocycles. The Balaban J connectivity index is 2.53. The second-order valence-corrected chi connectivity index (χ2v) is 4.30. The van der Waals surface area contributed by atoms with Crippen molar-refractivity contribution in [2.75, 3.05) is 0 Å². The van der Waals surface area contributed by atoms with Crippen LogP contribution < -0.4 is 0 Å². The van der Waals surface area contributed by atoms with Gasteiger partial charge in [-0.15, -0.1) is 0 Å². The maximum Gasteiger partial charge on any atom is 0.334 e. The third-order valence-electron chi connectivity index (χ3n) is 2.23. The van der Waals surface area contributed by atoms with Crippen molar-refractivity contribution in [2.24, 2.45) is 0 Å². The fraction of sp³-hybridized carbons (Fsp3) is 0.182. The standard InChI is InChI=1S/C11H9BrO3/c1-11(14)8(6-10(13)15-11)7-4-2-3-5-9(7)12/h2-6,14H,1H3. The van der Waals surface area contributed by atoms with Gasteiger partial charge in [-0.05, 0) is 11.6 Å². The zero-order chi connectivity index (χ0) is 11.1. The fourth-order valence-corrected chi connectivity index (χ4v) is 2.04. The van der Waals surface area contributed by atoms with Crippen molar-refractivity contribution < 1.29 is 14.6 Å². The van der Waals surface area contributed by atoms with Gasteiger partial charge in [-0.25, -0.2) is 4.79 Å². The monoisotopic (exact) mass is 268 g/mol. The predicted octanol–water partition coefficient (Wildman–Crippen LogP) is 2.10. The van der Waals surface area contributed by atoms with Crippen LogP contribution in [0.5, 0.6) is 0 Å². The van der Waals surface area contributed by atoms with Crippen molar-refractivity contribution in [3.8, 4) is 0 Å². The molecule has 3 nitrogen and oxygen atoms in total. The Hall–Kier alpha value is -1.13. The van der Waals surface area contributed by atoms with Crippen LogP contribution in [0.25, 0.3) is 5.57 Å². The summed E-state index contributed by atoms with van der Waals surface area (Å²) >= 11 is 3.36. The van der Waals surface area contributed by atoms with E-state index >= 15 is 0 Å². The van der Waals surface area contributed by atoms with Crippen molar-refractivity contribution >= 4 is 27.5 Å². The number of aliphatic hydroxyl groups is 1. The number of esters is 1. The molecule has 0 saturated heterocycles. The number of carbonyl (C=O) groups excluding carboxylic acids is 1. The summed E-state index contributed by atoms with van der Waals surface area (Å²) in [7, 11) is 0. The number of rotatable bonds is 1. The van der Waals surface area contributed by atoms with E-state index in [1.807, 2.05) is 24.3 Å². The highest BCUT2D eigenvalue weighted by atomic mass is 79.9. The summed E-state index contributed by atoms with van der Waals surface area (Å²) in [5.74, 6) is -2.06. The first kappa shape index (κ1) is 10.4. The van der Waals surface area contributed by atoms with Crippen molar-refractivity contribution in [3.63, 3.8) is 0 Å². The molecular weight excluding hydrogens is 260 g/mol. The summed E-state index contributed by atoms with van der Waals surface area (Å²) in [4.78, 5) is 11.1. The first-order chi connectivity index (χ1) is 7.00. The lowest BCUT2D eigenvalue weighted by atomic mass is 10.00. The number of hydrogen-bond acceptors (Lipinski definition) is 3. The van der Waals surface area contributed by atoms with Crippen molar-refractivity contribution in [2.45, 2.75) is 12.7 Å². The van der Waals surface area contributed by atoms with E-state index in [0.29, 0.717) is 5.57 Å². The van der Waals surface area contributed by atoms with Crippen LogP contribution >= 0.6 is 15.9 Å². The molecule has 0 aliphatic carbocycles. The predicted molar refractivity (Wildman–Crippen MR) is 58.8 cm³/mol. The molecule has 1 N–H and O–H groups in total. The molecule has 1 unspecified atom stereocenters. The van der Waals surface area contributed by atoms with E-state index in [9.17, 15) is 9.90 Å². The van der Waals surface area contributed by atoms with E-state index in [2.05, 4.69) is 15.9 Å². The Bertz CT molecular complexity index is 449. The molecule has 0 amide bonds. The maximum atomic E-state index is 11.1. The summed E-state index contributed by atoms with van der Waals surface area (Å²) in [6, 6.07) is 7.35. The van der Waals surface area contributed by atoms with Crippen molar-refractivity contribution in [1.29, 1.82) is 0 Å². The maximum absolute atomic E-state index is 11.1. The summed E-state index contributed by atoms with van der Waals surface area (Å²) < 4.78 is 5.59. The normalized spacial score (nSPS) is 25.0.